The van der Waals surface area contributed by atoms with Gasteiger partial charge in [-0.2, -0.15) is 20.5 Å². The van der Waals surface area contributed by atoms with Gasteiger partial charge in [0.1, 0.15) is 0 Å². The molecule has 318 valence electrons. The third-order valence-corrected chi connectivity index (χ3v) is 10.8. The zero-order chi connectivity index (χ0) is 45.4. The van der Waals surface area contributed by atoms with Gasteiger partial charge < -0.3 is 21.3 Å². The van der Waals surface area contributed by atoms with Gasteiger partial charge in [-0.25, -0.2) is 0 Å². The second kappa shape index (κ2) is 20.9. The fraction of sp³-hybridized carbons (Fsp3) is 0.143. The van der Waals surface area contributed by atoms with Crippen LogP contribution in [0.4, 0.5) is 34.1 Å². The Morgan fingerprint density at radius 1 is 0.452 bits per heavy atom. The first-order valence-corrected chi connectivity index (χ1v) is 20.3. The first kappa shape index (κ1) is 47.3. The Morgan fingerprint density at radius 2 is 0.806 bits per heavy atom. The molecule has 0 spiro atoms. The summed E-state index contributed by atoms with van der Waals surface area (Å²) >= 11 is 36.6. The first-order valence-electron chi connectivity index (χ1n) is 18.0. The molecule has 0 radical (unpaired) electrons. The third-order valence-electron chi connectivity index (χ3n) is 8.68. The van der Waals surface area contributed by atoms with E-state index in [-0.39, 0.29) is 42.6 Å². The van der Waals surface area contributed by atoms with E-state index in [1.54, 1.807) is 38.1 Å². The molecule has 4 amide bonds. The number of halogens is 6. The Morgan fingerprint density at radius 3 is 1.15 bits per heavy atom. The van der Waals surface area contributed by atoms with Crippen LogP contribution >= 0.6 is 69.6 Å². The second-order valence-corrected chi connectivity index (χ2v) is 15.9. The molecule has 0 aliphatic heterocycles. The number of rotatable bonds is 14. The number of nitrogens with zero attached hydrogens (tertiary/aromatic N) is 4. The summed E-state index contributed by atoms with van der Waals surface area (Å²) < 4.78 is 0. The van der Waals surface area contributed by atoms with Crippen molar-refractivity contribution in [2.24, 2.45) is 20.5 Å². The number of amides is 4. The molecule has 0 aliphatic rings. The van der Waals surface area contributed by atoms with Crippen LogP contribution in [0.1, 0.15) is 45.7 Å². The van der Waals surface area contributed by atoms with Crippen LogP contribution in [0.3, 0.4) is 0 Å². The van der Waals surface area contributed by atoms with Gasteiger partial charge in [0.05, 0.1) is 52.6 Å². The molecule has 0 heterocycles. The molecule has 14 nitrogen and oxygen atoms in total. The fourth-order valence-corrected chi connectivity index (χ4v) is 6.42. The fourth-order valence-electron chi connectivity index (χ4n) is 5.42. The predicted molar refractivity (Wildman–Crippen MR) is 243 cm³/mol. The Balaban J connectivity index is 1.25. The van der Waals surface area contributed by atoms with Crippen molar-refractivity contribution in [1.82, 2.24) is 0 Å². The third kappa shape index (κ3) is 12.2. The highest BCUT2D eigenvalue weighted by molar-refractivity contribution is 6.43. The minimum Gasteiger partial charge on any atom is -0.324 e. The number of Topliss-reactive ketones (excluding diaryl/α,β-unsaturated/α-hetero) is 2. The molecule has 2 unspecified atom stereocenters. The van der Waals surface area contributed by atoms with Gasteiger partial charge in [0.2, 0.25) is 12.1 Å². The molecule has 0 aliphatic carbocycles. The molecule has 0 saturated heterocycles. The highest BCUT2D eigenvalue weighted by Crippen LogP contribution is 2.30. The van der Waals surface area contributed by atoms with E-state index in [0.29, 0.717) is 43.9 Å². The van der Waals surface area contributed by atoms with Crippen molar-refractivity contribution in [3.05, 3.63) is 137 Å². The first-order chi connectivity index (χ1) is 29.3. The summed E-state index contributed by atoms with van der Waals surface area (Å²) in [6.07, 6.45) is 0. The highest BCUT2D eigenvalue weighted by Gasteiger charge is 2.26. The lowest BCUT2D eigenvalue weighted by molar-refractivity contribution is -0.127. The topological polar surface area (TPSA) is 200 Å². The SMILES string of the molecule is CC(=O)C(N=Nc1ccc(Cl)c(C(=O)Nc2ccc(Cl)c(Cl)c2)c1)C(=O)Nc1cc(C)c(NC(=O)C(N=Nc2ccc(Cl)c(C(=O)Nc3ccc(Cl)c(Cl)c3)c2)C(C)=O)cc1C. The van der Waals surface area contributed by atoms with Crippen molar-refractivity contribution in [2.45, 2.75) is 39.8 Å². The molecule has 20 heteroatoms. The van der Waals surface area contributed by atoms with E-state index in [4.69, 9.17) is 69.6 Å². The Bertz CT molecular complexity index is 2530. The summed E-state index contributed by atoms with van der Waals surface area (Å²) in [4.78, 5) is 77.9. The lowest BCUT2D eigenvalue weighted by Crippen LogP contribution is -2.32. The van der Waals surface area contributed by atoms with Crippen molar-refractivity contribution in [1.29, 1.82) is 0 Å². The lowest BCUT2D eigenvalue weighted by atomic mass is 10.1. The van der Waals surface area contributed by atoms with E-state index in [0.717, 1.165) is 0 Å². The molecule has 5 aromatic carbocycles. The van der Waals surface area contributed by atoms with Crippen LogP contribution < -0.4 is 21.3 Å². The standard InChI is InChI=1S/C42H32Cl6N8O6/c1-19-13-36(52-42(62)38(22(4)58)56-54-26-8-10-30(44)28(16-26)40(60)50-24-6-12-32(46)34(48)18-24)20(2)14-35(19)51-41(61)37(21(3)57)55-53-25-7-9-29(43)27(15-25)39(59)49-23-5-11-31(45)33(47)17-23/h5-18,37-38H,1-4H3,(H,49,59)(H,50,60)(H,51,61)(H,52,62). The predicted octanol–water partition coefficient (Wildman–Crippen LogP) is 12.1. The summed E-state index contributed by atoms with van der Waals surface area (Å²) in [7, 11) is 0. The van der Waals surface area contributed by atoms with Crippen LogP contribution in [0.5, 0.6) is 0 Å². The molecule has 0 aromatic heterocycles. The van der Waals surface area contributed by atoms with Crippen LogP contribution in [0, 0.1) is 13.8 Å². The Hall–Kier alpha value is -5.74. The van der Waals surface area contributed by atoms with Crippen molar-refractivity contribution in [2.75, 3.05) is 21.3 Å². The Labute approximate surface area is 384 Å². The van der Waals surface area contributed by atoms with E-state index < -0.39 is 47.3 Å². The summed E-state index contributed by atoms with van der Waals surface area (Å²) in [6.45, 7) is 5.63. The van der Waals surface area contributed by atoms with Crippen LogP contribution in [0.15, 0.2) is 105 Å². The van der Waals surface area contributed by atoms with E-state index >= 15 is 0 Å². The minimum atomic E-state index is -1.58. The number of hydrogen-bond acceptors (Lipinski definition) is 10. The number of anilines is 4. The number of carbonyl (C=O) groups excluding carboxylic acids is 6. The van der Waals surface area contributed by atoms with Gasteiger partial charge in [-0.05, 0) is 124 Å². The molecule has 0 saturated carbocycles. The molecule has 62 heavy (non-hydrogen) atoms. The van der Waals surface area contributed by atoms with Crippen molar-refractivity contribution < 1.29 is 28.8 Å². The smallest absolute Gasteiger partial charge is 0.258 e. The van der Waals surface area contributed by atoms with E-state index in [1.165, 1.54) is 74.5 Å². The van der Waals surface area contributed by atoms with E-state index in [9.17, 15) is 28.8 Å². The number of ketones is 2. The molecular formula is C42H32Cl6N8O6. The number of benzene rings is 5. The van der Waals surface area contributed by atoms with Gasteiger partial charge in [0.25, 0.3) is 23.6 Å². The summed E-state index contributed by atoms with van der Waals surface area (Å²) in [5, 5.41) is 27.9. The molecule has 4 N–H and O–H groups in total. The van der Waals surface area contributed by atoms with Gasteiger partial charge in [0.15, 0.2) is 11.6 Å². The molecular weight excluding hydrogens is 925 g/mol. The van der Waals surface area contributed by atoms with Crippen LogP contribution in [0.2, 0.25) is 30.1 Å². The summed E-state index contributed by atoms with van der Waals surface area (Å²) in [5.74, 6) is -4.03. The Kier molecular flexibility index (Phi) is 15.9. The van der Waals surface area contributed by atoms with E-state index in [1.807, 2.05) is 0 Å². The summed E-state index contributed by atoms with van der Waals surface area (Å²) in [6, 6.07) is 17.4. The van der Waals surface area contributed by atoms with Crippen molar-refractivity contribution in [3.8, 4) is 0 Å². The average Bonchev–Trinajstić information content (AvgIpc) is 3.20. The number of carbonyl (C=O) groups is 6. The lowest BCUT2D eigenvalue weighted by Gasteiger charge is -2.16. The van der Waals surface area contributed by atoms with Crippen LogP contribution in [-0.2, 0) is 19.2 Å². The van der Waals surface area contributed by atoms with Crippen molar-refractivity contribution in [3.63, 3.8) is 0 Å². The van der Waals surface area contributed by atoms with E-state index in [2.05, 4.69) is 41.7 Å². The highest BCUT2D eigenvalue weighted by atomic mass is 35.5. The number of aryl methyl sites for hydroxylation is 2. The van der Waals surface area contributed by atoms with Crippen LogP contribution in [-0.4, -0.2) is 47.3 Å². The number of nitrogens with one attached hydrogen (secondary N) is 4. The average molecular weight is 957 g/mol. The zero-order valence-electron chi connectivity index (χ0n) is 32.7. The quantitative estimate of drug-likeness (QED) is 0.0630. The number of azo groups is 2. The normalized spacial score (nSPS) is 12.2. The van der Waals surface area contributed by atoms with Gasteiger partial charge in [-0.3, -0.25) is 28.8 Å². The molecule has 5 aromatic rings. The van der Waals surface area contributed by atoms with Gasteiger partial charge in [-0.15, -0.1) is 0 Å². The van der Waals surface area contributed by atoms with Gasteiger partial charge >= 0.3 is 0 Å². The molecule has 0 fully saturated rings. The molecule has 0 bridgehead atoms. The monoisotopic (exact) mass is 954 g/mol. The molecule has 5 rings (SSSR count). The number of hydrogen-bond donors (Lipinski definition) is 4. The largest absolute Gasteiger partial charge is 0.324 e. The molecule has 2 atom stereocenters. The van der Waals surface area contributed by atoms with Crippen molar-refractivity contribution >= 4 is 139 Å². The maximum absolute atomic E-state index is 13.4. The maximum atomic E-state index is 13.4. The minimum absolute atomic E-state index is 0.0355. The zero-order valence-corrected chi connectivity index (χ0v) is 37.3. The summed E-state index contributed by atoms with van der Waals surface area (Å²) in [5.41, 5.74) is 2.60. The maximum Gasteiger partial charge on any atom is 0.258 e. The second-order valence-electron chi connectivity index (χ2n) is 13.4. The van der Waals surface area contributed by atoms with Crippen LogP contribution in [0.25, 0.3) is 0 Å². The van der Waals surface area contributed by atoms with Gasteiger partial charge in [-0.1, -0.05) is 69.6 Å². The van der Waals surface area contributed by atoms with Gasteiger partial charge in [0, 0.05) is 22.7 Å².